The van der Waals surface area contributed by atoms with Crippen molar-refractivity contribution in [2.24, 2.45) is 5.41 Å². The molecule has 6 heteroatoms. The van der Waals surface area contributed by atoms with Gasteiger partial charge in [-0.2, -0.15) is 0 Å². The molecule has 0 unspecified atom stereocenters. The summed E-state index contributed by atoms with van der Waals surface area (Å²) in [5.74, 6) is -0.291. The Morgan fingerprint density at radius 3 is 1.38 bits per heavy atom. The summed E-state index contributed by atoms with van der Waals surface area (Å²) in [6, 6.07) is 0. The Morgan fingerprint density at radius 1 is 1.08 bits per heavy atom. The number of hydrogen-bond donors (Lipinski definition) is 0. The van der Waals surface area contributed by atoms with Crippen LogP contribution in [0.5, 0.6) is 0 Å². The Balaban J connectivity index is 0. The van der Waals surface area contributed by atoms with Crippen molar-refractivity contribution in [3.05, 3.63) is 0 Å². The molecule has 4 nitrogen and oxygen atoms in total. The fourth-order valence-electron chi connectivity index (χ4n) is 0.306. The normalized spacial score (nSPS) is 9.85. The van der Waals surface area contributed by atoms with E-state index < -0.39 is 0 Å². The smallest absolute Gasteiger partial charge is 0.297 e. The van der Waals surface area contributed by atoms with Crippen molar-refractivity contribution < 1.29 is 18.4 Å². The monoisotopic (exact) mass is 222 g/mol. The van der Waals surface area contributed by atoms with Crippen molar-refractivity contribution in [1.82, 2.24) is 0 Å². The van der Waals surface area contributed by atoms with Crippen molar-refractivity contribution in [2.75, 3.05) is 0 Å². The summed E-state index contributed by atoms with van der Waals surface area (Å²) in [5, 5.41) is 0. The van der Waals surface area contributed by atoms with Crippen molar-refractivity contribution >= 4 is 32.9 Å². The van der Waals surface area contributed by atoms with E-state index in [-0.39, 0.29) is 17.4 Å². The third-order valence-electron chi connectivity index (χ3n) is 1.09. The molecule has 0 aliphatic carbocycles. The van der Waals surface area contributed by atoms with E-state index in [9.17, 15) is 9.59 Å². The van der Waals surface area contributed by atoms with E-state index in [2.05, 4.69) is 8.85 Å². The molecule has 0 aromatic rings. The minimum Gasteiger partial charge on any atom is -0.529 e. The standard InChI is InChI=1S/C5H12O2Si.C2H6O2Si/c1-5(2,3)4(6)7-8;1-2(3)4-5/h1-3,8H3;1,5H3. The Labute approximate surface area is 85.1 Å². The molecule has 0 radical (unpaired) electrons. The van der Waals surface area contributed by atoms with Gasteiger partial charge in [-0.15, -0.1) is 0 Å². The summed E-state index contributed by atoms with van der Waals surface area (Å²) in [4.78, 5) is 20.3. The predicted octanol–water partition coefficient (Wildman–Crippen LogP) is -1.31. The molecule has 0 N–H and O–H groups in total. The number of carbonyl (C=O) groups excluding carboxylic acids is 2. The minimum atomic E-state index is -0.318. The quantitative estimate of drug-likeness (QED) is 0.477. The van der Waals surface area contributed by atoms with Gasteiger partial charge in [0.25, 0.3) is 11.9 Å². The van der Waals surface area contributed by atoms with Gasteiger partial charge in [0.15, 0.2) is 0 Å². The van der Waals surface area contributed by atoms with Crippen LogP contribution in [0.4, 0.5) is 0 Å². The molecular formula is C7H18O4Si2. The first-order valence-electron chi connectivity index (χ1n) is 3.88. The average Bonchev–Trinajstić information content (AvgIpc) is 2.02. The fourth-order valence-corrected chi connectivity index (χ4v) is 0.919. The van der Waals surface area contributed by atoms with Crippen LogP contribution in [0.2, 0.25) is 0 Å². The summed E-state index contributed by atoms with van der Waals surface area (Å²) in [6.45, 7) is 6.92. The first-order valence-corrected chi connectivity index (χ1v) is 5.52. The first-order chi connectivity index (χ1) is 5.75. The summed E-state index contributed by atoms with van der Waals surface area (Å²) in [7, 11) is 1.03. The highest BCUT2D eigenvalue weighted by Gasteiger charge is 2.20. The molecule has 0 spiro atoms. The number of carbonyl (C=O) groups is 2. The third kappa shape index (κ3) is 11.4. The fraction of sp³-hybridized carbons (Fsp3) is 0.714. The molecule has 78 valence electrons. The van der Waals surface area contributed by atoms with E-state index in [1.54, 1.807) is 0 Å². The molecule has 0 atom stereocenters. The average molecular weight is 222 g/mol. The maximum absolute atomic E-state index is 10.6. The molecule has 0 bridgehead atoms. The van der Waals surface area contributed by atoms with Gasteiger partial charge in [-0.25, -0.2) is 0 Å². The minimum absolute atomic E-state index is 0.107. The Hall–Kier alpha value is -0.626. The van der Waals surface area contributed by atoms with Gasteiger partial charge in [-0.1, -0.05) is 0 Å². The van der Waals surface area contributed by atoms with Gasteiger partial charge >= 0.3 is 0 Å². The molecule has 0 aliphatic heterocycles. The highest BCUT2D eigenvalue weighted by molar-refractivity contribution is 6.06. The number of rotatable bonds is 0. The maximum atomic E-state index is 10.6. The van der Waals surface area contributed by atoms with E-state index in [4.69, 9.17) is 0 Å². The van der Waals surface area contributed by atoms with E-state index in [0.29, 0.717) is 21.0 Å². The molecule has 0 aliphatic rings. The van der Waals surface area contributed by atoms with E-state index in [1.165, 1.54) is 6.92 Å². The Bertz CT molecular complexity index is 174. The lowest BCUT2D eigenvalue weighted by atomic mass is 9.98. The van der Waals surface area contributed by atoms with Crippen LogP contribution < -0.4 is 0 Å². The van der Waals surface area contributed by atoms with Gasteiger partial charge in [0.1, 0.15) is 0 Å². The summed E-state index contributed by atoms with van der Waals surface area (Å²) in [6.07, 6.45) is 0. The van der Waals surface area contributed by atoms with Gasteiger partial charge in [0.05, 0.1) is 5.41 Å². The lowest BCUT2D eigenvalue weighted by molar-refractivity contribution is -0.142. The highest BCUT2D eigenvalue weighted by atomic mass is 28.2. The molecule has 0 saturated heterocycles. The highest BCUT2D eigenvalue weighted by Crippen LogP contribution is 2.13. The molecule has 0 aromatic heterocycles. The van der Waals surface area contributed by atoms with E-state index in [0.717, 1.165) is 0 Å². The molecule has 0 rings (SSSR count). The van der Waals surface area contributed by atoms with Crippen LogP contribution in [0.1, 0.15) is 27.7 Å². The Morgan fingerprint density at radius 2 is 1.38 bits per heavy atom. The lowest BCUT2D eigenvalue weighted by Gasteiger charge is -2.14. The predicted molar refractivity (Wildman–Crippen MR) is 57.2 cm³/mol. The van der Waals surface area contributed by atoms with Gasteiger partial charge in [0, 0.05) is 6.92 Å². The molecule has 0 amide bonds. The van der Waals surface area contributed by atoms with Crippen molar-refractivity contribution in [2.45, 2.75) is 27.7 Å². The largest absolute Gasteiger partial charge is 0.529 e. The first kappa shape index (κ1) is 14.9. The van der Waals surface area contributed by atoms with Crippen LogP contribution in [0.15, 0.2) is 0 Å². The molecule has 0 saturated carbocycles. The molecule has 0 aromatic carbocycles. The van der Waals surface area contributed by atoms with Crippen molar-refractivity contribution in [1.29, 1.82) is 0 Å². The lowest BCUT2D eigenvalue weighted by Crippen LogP contribution is -2.21. The topological polar surface area (TPSA) is 52.6 Å². The van der Waals surface area contributed by atoms with Gasteiger partial charge in [-0.3, -0.25) is 9.59 Å². The van der Waals surface area contributed by atoms with Crippen LogP contribution in [-0.2, 0) is 18.4 Å². The van der Waals surface area contributed by atoms with Crippen LogP contribution in [0, 0.1) is 5.41 Å². The molecule has 0 heterocycles. The molecular weight excluding hydrogens is 204 g/mol. The van der Waals surface area contributed by atoms with E-state index in [1.807, 2.05) is 20.8 Å². The van der Waals surface area contributed by atoms with Crippen LogP contribution in [0.25, 0.3) is 0 Å². The van der Waals surface area contributed by atoms with Gasteiger partial charge in [-0.05, 0) is 20.8 Å². The third-order valence-corrected chi connectivity index (χ3v) is 2.03. The maximum Gasteiger partial charge on any atom is 0.297 e. The van der Waals surface area contributed by atoms with E-state index >= 15 is 0 Å². The van der Waals surface area contributed by atoms with Crippen LogP contribution >= 0.6 is 0 Å². The van der Waals surface area contributed by atoms with Crippen molar-refractivity contribution in [3.8, 4) is 0 Å². The molecule has 13 heavy (non-hydrogen) atoms. The zero-order chi connectivity index (χ0) is 11.1. The Kier molecular flexibility index (Phi) is 7.83. The van der Waals surface area contributed by atoms with Crippen LogP contribution in [0.3, 0.4) is 0 Å². The zero-order valence-corrected chi connectivity index (χ0v) is 13.1. The van der Waals surface area contributed by atoms with Gasteiger partial charge in [0.2, 0.25) is 21.0 Å². The summed E-state index contributed by atoms with van der Waals surface area (Å²) in [5.41, 5.74) is -0.318. The summed E-state index contributed by atoms with van der Waals surface area (Å²) < 4.78 is 8.86. The molecule has 0 fully saturated rings. The second-order valence-electron chi connectivity index (χ2n) is 3.44. The second-order valence-corrected chi connectivity index (χ2v) is 4.25. The van der Waals surface area contributed by atoms with Crippen molar-refractivity contribution in [3.63, 3.8) is 0 Å². The zero-order valence-electron chi connectivity index (χ0n) is 9.13. The SMILES string of the molecule is CC(=O)O[SiH3].CC(C)(C)C(=O)O[SiH3]. The van der Waals surface area contributed by atoms with Gasteiger partial charge < -0.3 is 8.85 Å². The number of hydrogen-bond acceptors (Lipinski definition) is 4. The summed E-state index contributed by atoms with van der Waals surface area (Å²) >= 11 is 0. The van der Waals surface area contributed by atoms with Crippen LogP contribution in [-0.4, -0.2) is 32.9 Å². The second kappa shape index (κ2) is 6.84.